The van der Waals surface area contributed by atoms with E-state index in [9.17, 15) is 4.79 Å². The van der Waals surface area contributed by atoms with Crippen LogP contribution in [0.1, 0.15) is 42.9 Å². The highest BCUT2D eigenvalue weighted by Gasteiger charge is 2.15. The summed E-state index contributed by atoms with van der Waals surface area (Å²) in [5, 5.41) is 2.98. The molecule has 2 aromatic carbocycles. The van der Waals surface area contributed by atoms with E-state index in [1.165, 1.54) is 43.5 Å². The molecule has 1 N–H and O–H groups in total. The van der Waals surface area contributed by atoms with Crippen LogP contribution in [0.3, 0.4) is 0 Å². The molecule has 1 saturated heterocycles. The van der Waals surface area contributed by atoms with Crippen molar-refractivity contribution in [2.24, 2.45) is 0 Å². The predicted molar refractivity (Wildman–Crippen MR) is 109 cm³/mol. The Labute approximate surface area is 162 Å². The lowest BCUT2D eigenvalue weighted by Gasteiger charge is -2.26. The van der Waals surface area contributed by atoms with E-state index in [4.69, 9.17) is 4.74 Å². The number of piperidine rings is 1. The summed E-state index contributed by atoms with van der Waals surface area (Å²) in [5.41, 5.74) is 3.61. The van der Waals surface area contributed by atoms with E-state index in [-0.39, 0.29) is 5.91 Å². The van der Waals surface area contributed by atoms with Crippen molar-refractivity contribution in [1.82, 2.24) is 10.2 Å². The van der Waals surface area contributed by atoms with E-state index in [2.05, 4.69) is 34.5 Å². The SMILES string of the molecule is Cc1ccc(OC(C)C(=O)NCc2cccc(CN3CCCCC3)c2)cc1. The minimum Gasteiger partial charge on any atom is -0.481 e. The first-order valence-corrected chi connectivity index (χ1v) is 9.91. The van der Waals surface area contributed by atoms with E-state index in [0.29, 0.717) is 12.3 Å². The lowest BCUT2D eigenvalue weighted by molar-refractivity contribution is -0.127. The summed E-state index contributed by atoms with van der Waals surface area (Å²) in [7, 11) is 0. The van der Waals surface area contributed by atoms with Gasteiger partial charge in [0.2, 0.25) is 0 Å². The monoisotopic (exact) mass is 366 g/mol. The molecule has 2 aromatic rings. The summed E-state index contributed by atoms with van der Waals surface area (Å²) in [6.45, 7) is 7.70. The van der Waals surface area contributed by atoms with Gasteiger partial charge in [0.25, 0.3) is 5.91 Å². The van der Waals surface area contributed by atoms with Gasteiger partial charge in [-0.05, 0) is 63.0 Å². The average molecular weight is 367 g/mol. The standard InChI is InChI=1S/C23H30N2O2/c1-18-9-11-22(12-10-18)27-19(2)23(26)24-16-20-7-6-8-21(15-20)17-25-13-4-3-5-14-25/h6-12,15,19H,3-5,13-14,16-17H2,1-2H3,(H,24,26). The molecule has 0 radical (unpaired) electrons. The number of nitrogens with one attached hydrogen (secondary N) is 1. The molecule has 4 nitrogen and oxygen atoms in total. The van der Waals surface area contributed by atoms with E-state index >= 15 is 0 Å². The fourth-order valence-electron chi connectivity index (χ4n) is 3.42. The summed E-state index contributed by atoms with van der Waals surface area (Å²) in [5.74, 6) is 0.615. The normalized spacial score (nSPS) is 15.9. The van der Waals surface area contributed by atoms with Crippen LogP contribution in [-0.4, -0.2) is 30.0 Å². The molecular formula is C23H30N2O2. The Balaban J connectivity index is 1.49. The summed E-state index contributed by atoms with van der Waals surface area (Å²) in [6, 6.07) is 16.2. The van der Waals surface area contributed by atoms with Crippen molar-refractivity contribution in [3.05, 3.63) is 65.2 Å². The molecule has 0 aromatic heterocycles. The summed E-state index contributed by atoms with van der Waals surface area (Å²) >= 11 is 0. The number of amides is 1. The van der Waals surface area contributed by atoms with Crippen molar-refractivity contribution in [2.75, 3.05) is 13.1 Å². The molecule has 3 rings (SSSR count). The second-order valence-corrected chi connectivity index (χ2v) is 7.45. The molecule has 0 saturated carbocycles. The Bertz CT molecular complexity index is 736. The summed E-state index contributed by atoms with van der Waals surface area (Å²) in [4.78, 5) is 14.9. The minimum atomic E-state index is -0.524. The molecular weight excluding hydrogens is 336 g/mol. The summed E-state index contributed by atoms with van der Waals surface area (Å²) < 4.78 is 5.73. The van der Waals surface area contributed by atoms with Gasteiger partial charge in [0.15, 0.2) is 6.10 Å². The van der Waals surface area contributed by atoms with Gasteiger partial charge in [-0.2, -0.15) is 0 Å². The van der Waals surface area contributed by atoms with Crippen molar-refractivity contribution in [3.8, 4) is 5.75 Å². The molecule has 1 unspecified atom stereocenters. The Morgan fingerprint density at radius 2 is 1.78 bits per heavy atom. The number of likely N-dealkylation sites (tertiary alicyclic amines) is 1. The fourth-order valence-corrected chi connectivity index (χ4v) is 3.42. The maximum atomic E-state index is 12.3. The highest BCUT2D eigenvalue weighted by molar-refractivity contribution is 5.80. The second-order valence-electron chi connectivity index (χ2n) is 7.45. The van der Waals surface area contributed by atoms with Crippen molar-refractivity contribution in [1.29, 1.82) is 0 Å². The van der Waals surface area contributed by atoms with E-state index in [1.54, 1.807) is 6.92 Å². The average Bonchev–Trinajstić information content (AvgIpc) is 2.69. The molecule has 0 bridgehead atoms. The number of ether oxygens (including phenoxy) is 1. The van der Waals surface area contributed by atoms with Crippen molar-refractivity contribution in [3.63, 3.8) is 0 Å². The molecule has 27 heavy (non-hydrogen) atoms. The summed E-state index contributed by atoms with van der Waals surface area (Å²) in [6.07, 6.45) is 3.43. The smallest absolute Gasteiger partial charge is 0.261 e. The molecule has 144 valence electrons. The largest absolute Gasteiger partial charge is 0.481 e. The van der Waals surface area contributed by atoms with Crippen LogP contribution in [0.5, 0.6) is 5.75 Å². The zero-order valence-corrected chi connectivity index (χ0v) is 16.4. The highest BCUT2D eigenvalue weighted by atomic mass is 16.5. The third kappa shape index (κ3) is 6.10. The molecule has 0 aliphatic carbocycles. The van der Waals surface area contributed by atoms with Crippen LogP contribution in [0.25, 0.3) is 0 Å². The fraction of sp³-hybridized carbons (Fsp3) is 0.435. The third-order valence-electron chi connectivity index (χ3n) is 5.02. The van der Waals surface area contributed by atoms with Crippen LogP contribution in [0.15, 0.2) is 48.5 Å². The number of rotatable bonds is 7. The molecule has 1 atom stereocenters. The number of carbonyl (C=O) groups is 1. The van der Waals surface area contributed by atoms with E-state index in [0.717, 1.165) is 12.1 Å². The maximum Gasteiger partial charge on any atom is 0.261 e. The van der Waals surface area contributed by atoms with Crippen molar-refractivity contribution < 1.29 is 9.53 Å². The molecule has 0 spiro atoms. The lowest BCUT2D eigenvalue weighted by atomic mass is 10.1. The molecule has 1 heterocycles. The first kappa shape index (κ1) is 19.4. The van der Waals surface area contributed by atoms with Crippen LogP contribution in [0.4, 0.5) is 0 Å². The van der Waals surface area contributed by atoms with Gasteiger partial charge in [-0.3, -0.25) is 9.69 Å². The number of aryl methyl sites for hydroxylation is 1. The molecule has 1 amide bonds. The van der Waals surface area contributed by atoms with Gasteiger partial charge in [-0.15, -0.1) is 0 Å². The van der Waals surface area contributed by atoms with Crippen molar-refractivity contribution >= 4 is 5.91 Å². The van der Waals surface area contributed by atoms with Gasteiger partial charge < -0.3 is 10.1 Å². The zero-order chi connectivity index (χ0) is 19.1. The Morgan fingerprint density at radius 1 is 1.07 bits per heavy atom. The zero-order valence-electron chi connectivity index (χ0n) is 16.4. The molecule has 1 aliphatic rings. The van der Waals surface area contributed by atoms with Gasteiger partial charge in [-0.1, -0.05) is 48.4 Å². The first-order valence-electron chi connectivity index (χ1n) is 9.91. The van der Waals surface area contributed by atoms with Gasteiger partial charge in [0, 0.05) is 13.1 Å². The topological polar surface area (TPSA) is 41.6 Å². The maximum absolute atomic E-state index is 12.3. The Hall–Kier alpha value is -2.33. The molecule has 4 heteroatoms. The van der Waals surface area contributed by atoms with Crippen LogP contribution in [-0.2, 0) is 17.9 Å². The van der Waals surface area contributed by atoms with Gasteiger partial charge >= 0.3 is 0 Å². The predicted octanol–water partition coefficient (Wildman–Crippen LogP) is 4.06. The van der Waals surface area contributed by atoms with Crippen LogP contribution in [0, 0.1) is 6.92 Å². The molecule has 1 fully saturated rings. The van der Waals surface area contributed by atoms with Crippen LogP contribution in [0.2, 0.25) is 0 Å². The number of hydrogen-bond acceptors (Lipinski definition) is 3. The molecule has 1 aliphatic heterocycles. The van der Waals surface area contributed by atoms with Crippen LogP contribution < -0.4 is 10.1 Å². The first-order chi connectivity index (χ1) is 13.1. The van der Waals surface area contributed by atoms with Gasteiger partial charge in [0.1, 0.15) is 5.75 Å². The van der Waals surface area contributed by atoms with E-state index in [1.807, 2.05) is 31.2 Å². The second kappa shape index (κ2) is 9.56. The third-order valence-corrected chi connectivity index (χ3v) is 5.02. The minimum absolute atomic E-state index is 0.1000. The number of carbonyl (C=O) groups excluding carboxylic acids is 1. The van der Waals surface area contributed by atoms with Gasteiger partial charge in [-0.25, -0.2) is 0 Å². The van der Waals surface area contributed by atoms with Crippen molar-refractivity contribution in [2.45, 2.75) is 52.3 Å². The Kier molecular flexibility index (Phi) is 6.88. The van der Waals surface area contributed by atoms with Gasteiger partial charge in [0.05, 0.1) is 0 Å². The lowest BCUT2D eigenvalue weighted by Crippen LogP contribution is -2.35. The van der Waals surface area contributed by atoms with E-state index < -0.39 is 6.10 Å². The Morgan fingerprint density at radius 3 is 2.52 bits per heavy atom. The highest BCUT2D eigenvalue weighted by Crippen LogP contribution is 2.15. The number of hydrogen-bond donors (Lipinski definition) is 1. The van der Waals surface area contributed by atoms with Crippen LogP contribution >= 0.6 is 0 Å². The quantitative estimate of drug-likeness (QED) is 0.803. The number of benzene rings is 2. The number of nitrogens with zero attached hydrogens (tertiary/aromatic N) is 1.